The van der Waals surface area contributed by atoms with E-state index in [1.54, 1.807) is 22.7 Å². The summed E-state index contributed by atoms with van der Waals surface area (Å²) in [6.07, 6.45) is 2.05. The van der Waals surface area contributed by atoms with Gasteiger partial charge in [-0.3, -0.25) is 4.40 Å². The molecular weight excluding hydrogens is 226 g/mol. The molecule has 3 aromatic rings. The maximum atomic E-state index is 4.54. The van der Waals surface area contributed by atoms with Crippen molar-refractivity contribution in [1.82, 2.24) is 14.4 Å². The molecule has 0 atom stereocenters. The van der Waals surface area contributed by atoms with Gasteiger partial charge in [0.2, 0.25) is 0 Å². The molecule has 0 bridgehead atoms. The summed E-state index contributed by atoms with van der Waals surface area (Å²) < 4.78 is 2.11. The third-order valence-corrected chi connectivity index (χ3v) is 4.00. The fraction of sp³-hybridized carbons (Fsp3) is 0.200. The van der Waals surface area contributed by atoms with E-state index >= 15 is 0 Å². The minimum absolute atomic E-state index is 0.967. The summed E-state index contributed by atoms with van der Waals surface area (Å²) in [5, 5.41) is 5.24. The Kier molecular flexibility index (Phi) is 1.90. The number of nitrogens with zero attached hydrogens (tertiary/aromatic N) is 3. The van der Waals surface area contributed by atoms with Crippen LogP contribution in [0, 0.1) is 13.8 Å². The first kappa shape index (κ1) is 9.06. The average molecular weight is 235 g/mol. The molecule has 0 aliphatic heterocycles. The van der Waals surface area contributed by atoms with Crippen LogP contribution in [0.3, 0.4) is 0 Å². The van der Waals surface area contributed by atoms with Crippen molar-refractivity contribution in [3.05, 3.63) is 27.7 Å². The van der Waals surface area contributed by atoms with Gasteiger partial charge in [-0.2, -0.15) is 0 Å². The summed E-state index contributed by atoms with van der Waals surface area (Å²) in [6.45, 7) is 4.10. The zero-order chi connectivity index (χ0) is 10.4. The minimum Gasteiger partial charge on any atom is -0.294 e. The molecule has 0 saturated heterocycles. The molecule has 3 rings (SSSR count). The number of aromatic nitrogens is 3. The Hall–Kier alpha value is -1.20. The van der Waals surface area contributed by atoms with Crippen molar-refractivity contribution in [2.24, 2.45) is 0 Å². The second-order valence-corrected chi connectivity index (χ2v) is 5.31. The quantitative estimate of drug-likeness (QED) is 0.648. The van der Waals surface area contributed by atoms with Crippen molar-refractivity contribution in [3.63, 3.8) is 0 Å². The van der Waals surface area contributed by atoms with E-state index in [-0.39, 0.29) is 0 Å². The van der Waals surface area contributed by atoms with Crippen LogP contribution in [-0.4, -0.2) is 14.4 Å². The van der Waals surface area contributed by atoms with Gasteiger partial charge in [0.25, 0.3) is 0 Å². The van der Waals surface area contributed by atoms with Crippen LogP contribution in [0.1, 0.15) is 10.7 Å². The third kappa shape index (κ3) is 1.39. The van der Waals surface area contributed by atoms with Crippen LogP contribution in [0.2, 0.25) is 0 Å². The van der Waals surface area contributed by atoms with Crippen LogP contribution in [-0.2, 0) is 0 Å². The molecule has 15 heavy (non-hydrogen) atoms. The lowest BCUT2D eigenvalue weighted by molar-refractivity contribution is 1.13. The average Bonchev–Trinajstić information content (AvgIpc) is 2.84. The predicted octanol–water partition coefficient (Wildman–Crippen LogP) is 3.14. The van der Waals surface area contributed by atoms with Gasteiger partial charge in [0, 0.05) is 22.7 Å². The summed E-state index contributed by atoms with van der Waals surface area (Å²) in [4.78, 5) is 10.0. The first-order chi connectivity index (χ1) is 7.24. The summed E-state index contributed by atoms with van der Waals surface area (Å²) in [7, 11) is 0. The van der Waals surface area contributed by atoms with Gasteiger partial charge in [-0.15, -0.1) is 22.7 Å². The standard InChI is InChI=1S/C10H9N3S2/c1-6-4-15-10-12-8(3-13(6)10)9-5-14-7(2)11-9/h3-5H,1-2H3. The molecule has 0 aliphatic rings. The molecule has 3 aromatic heterocycles. The maximum Gasteiger partial charge on any atom is 0.194 e. The SMILES string of the molecule is Cc1nc(-c2cn3c(C)csc3n2)cs1. The van der Waals surface area contributed by atoms with Crippen molar-refractivity contribution in [1.29, 1.82) is 0 Å². The number of hydrogen-bond acceptors (Lipinski definition) is 4. The highest BCUT2D eigenvalue weighted by Crippen LogP contribution is 2.24. The van der Waals surface area contributed by atoms with Gasteiger partial charge in [-0.25, -0.2) is 9.97 Å². The summed E-state index contributed by atoms with van der Waals surface area (Å²) in [5.74, 6) is 0. The topological polar surface area (TPSA) is 30.2 Å². The predicted molar refractivity (Wildman–Crippen MR) is 63.7 cm³/mol. The van der Waals surface area contributed by atoms with E-state index < -0.39 is 0 Å². The van der Waals surface area contributed by atoms with Crippen molar-refractivity contribution in [3.8, 4) is 11.4 Å². The van der Waals surface area contributed by atoms with Crippen LogP contribution in [0.15, 0.2) is 17.0 Å². The molecule has 76 valence electrons. The van der Waals surface area contributed by atoms with E-state index in [9.17, 15) is 0 Å². The van der Waals surface area contributed by atoms with E-state index in [0.717, 1.165) is 21.4 Å². The van der Waals surface area contributed by atoms with Gasteiger partial charge >= 0.3 is 0 Å². The molecule has 0 unspecified atom stereocenters. The van der Waals surface area contributed by atoms with Crippen LogP contribution in [0.25, 0.3) is 16.3 Å². The number of thiazole rings is 2. The monoisotopic (exact) mass is 235 g/mol. The maximum absolute atomic E-state index is 4.54. The smallest absolute Gasteiger partial charge is 0.194 e. The Morgan fingerprint density at radius 3 is 2.60 bits per heavy atom. The lowest BCUT2D eigenvalue weighted by Crippen LogP contribution is -1.79. The van der Waals surface area contributed by atoms with Crippen molar-refractivity contribution in [2.45, 2.75) is 13.8 Å². The largest absolute Gasteiger partial charge is 0.294 e. The Morgan fingerprint density at radius 1 is 1.07 bits per heavy atom. The lowest BCUT2D eigenvalue weighted by Gasteiger charge is -1.86. The van der Waals surface area contributed by atoms with Crippen LogP contribution >= 0.6 is 22.7 Å². The first-order valence-electron chi connectivity index (χ1n) is 4.60. The van der Waals surface area contributed by atoms with Crippen LogP contribution in [0.5, 0.6) is 0 Å². The summed E-state index contributed by atoms with van der Waals surface area (Å²) in [6, 6.07) is 0. The number of imidazole rings is 1. The number of hydrogen-bond donors (Lipinski definition) is 0. The minimum atomic E-state index is 0.967. The molecule has 0 aromatic carbocycles. The molecule has 0 aliphatic carbocycles. The van der Waals surface area contributed by atoms with Crippen LogP contribution < -0.4 is 0 Å². The molecule has 0 saturated carbocycles. The lowest BCUT2D eigenvalue weighted by atomic mass is 10.4. The Labute approximate surface area is 95.1 Å². The van der Waals surface area contributed by atoms with Gasteiger partial charge in [-0.1, -0.05) is 0 Å². The van der Waals surface area contributed by atoms with E-state index in [1.165, 1.54) is 5.69 Å². The van der Waals surface area contributed by atoms with Crippen molar-refractivity contribution >= 4 is 27.6 Å². The van der Waals surface area contributed by atoms with E-state index in [2.05, 4.69) is 38.2 Å². The molecule has 0 amide bonds. The van der Waals surface area contributed by atoms with Crippen molar-refractivity contribution in [2.75, 3.05) is 0 Å². The fourth-order valence-corrected chi connectivity index (χ4v) is 2.96. The highest BCUT2D eigenvalue weighted by molar-refractivity contribution is 7.15. The second-order valence-electron chi connectivity index (χ2n) is 3.41. The van der Waals surface area contributed by atoms with Gasteiger partial charge in [0.15, 0.2) is 4.96 Å². The molecular formula is C10H9N3S2. The molecule has 0 spiro atoms. The molecule has 5 heteroatoms. The molecule has 3 nitrogen and oxygen atoms in total. The molecule has 0 radical (unpaired) electrons. The van der Waals surface area contributed by atoms with Crippen LogP contribution in [0.4, 0.5) is 0 Å². The number of rotatable bonds is 1. The second kappa shape index (κ2) is 3.15. The zero-order valence-electron chi connectivity index (χ0n) is 8.39. The van der Waals surface area contributed by atoms with Gasteiger partial charge < -0.3 is 0 Å². The molecule has 3 heterocycles. The van der Waals surface area contributed by atoms with Crippen molar-refractivity contribution < 1.29 is 0 Å². The Bertz CT molecular complexity index is 617. The van der Waals surface area contributed by atoms with Gasteiger partial charge in [-0.05, 0) is 13.8 Å². The first-order valence-corrected chi connectivity index (χ1v) is 6.35. The highest BCUT2D eigenvalue weighted by Gasteiger charge is 2.09. The summed E-state index contributed by atoms with van der Waals surface area (Å²) in [5.41, 5.74) is 3.17. The van der Waals surface area contributed by atoms with Gasteiger partial charge in [0.05, 0.1) is 5.01 Å². The van der Waals surface area contributed by atoms with Gasteiger partial charge in [0.1, 0.15) is 11.4 Å². The van der Waals surface area contributed by atoms with E-state index in [1.807, 2.05) is 6.92 Å². The Balaban J connectivity index is 2.19. The third-order valence-electron chi connectivity index (χ3n) is 2.27. The van der Waals surface area contributed by atoms with E-state index in [0.29, 0.717) is 0 Å². The number of aryl methyl sites for hydroxylation is 2. The fourth-order valence-electron chi connectivity index (χ4n) is 1.50. The highest BCUT2D eigenvalue weighted by atomic mass is 32.1. The summed E-state index contributed by atoms with van der Waals surface area (Å²) >= 11 is 3.32. The zero-order valence-corrected chi connectivity index (χ0v) is 10.0. The Morgan fingerprint density at radius 2 is 1.93 bits per heavy atom. The number of fused-ring (bicyclic) bond motifs is 1. The normalized spacial score (nSPS) is 11.3. The molecule has 0 fully saturated rings. The van der Waals surface area contributed by atoms with E-state index in [4.69, 9.17) is 0 Å². The molecule has 0 N–H and O–H groups in total.